The fraction of sp³-hybridized carbons (Fsp3) is 0.667. The molecule has 0 bridgehead atoms. The van der Waals surface area contributed by atoms with E-state index in [2.05, 4.69) is 10.1 Å². The van der Waals surface area contributed by atoms with Crippen LogP contribution in [0, 0.1) is 5.92 Å². The molecule has 6 heteroatoms. The lowest BCUT2D eigenvalue weighted by Gasteiger charge is -2.11. The number of H-pyrrole nitrogens is 1. The van der Waals surface area contributed by atoms with Gasteiger partial charge in [0.15, 0.2) is 5.65 Å². The Morgan fingerprint density at radius 3 is 2.95 bits per heavy atom. The van der Waals surface area contributed by atoms with Gasteiger partial charge in [-0.25, -0.2) is 9.67 Å². The molecule has 2 aromatic heterocycles. The summed E-state index contributed by atoms with van der Waals surface area (Å²) in [6, 6.07) is 0.205. The van der Waals surface area contributed by atoms with E-state index in [1.807, 2.05) is 4.68 Å². The van der Waals surface area contributed by atoms with Crippen LogP contribution in [0.4, 0.5) is 0 Å². The molecule has 1 N–H and O–H groups in total. The van der Waals surface area contributed by atoms with Gasteiger partial charge in [-0.05, 0) is 12.3 Å². The first kappa shape index (κ1) is 13.0. The molecule has 0 spiro atoms. The quantitative estimate of drug-likeness (QED) is 0.935. The molecule has 0 amide bonds. The maximum absolute atomic E-state index is 12.2. The van der Waals surface area contributed by atoms with Crippen LogP contribution in [0.5, 0.6) is 0 Å². The normalized spacial score (nSPS) is 23.3. The Labute approximate surface area is 122 Å². The molecule has 1 aliphatic heterocycles. The predicted molar refractivity (Wildman–Crippen MR) is 78.3 cm³/mol. The second-order valence-corrected chi connectivity index (χ2v) is 6.21. The van der Waals surface area contributed by atoms with Crippen molar-refractivity contribution in [2.24, 2.45) is 5.92 Å². The van der Waals surface area contributed by atoms with E-state index in [1.165, 1.54) is 25.7 Å². The van der Waals surface area contributed by atoms with Crippen molar-refractivity contribution in [3.63, 3.8) is 0 Å². The van der Waals surface area contributed by atoms with Gasteiger partial charge in [-0.3, -0.25) is 4.79 Å². The lowest BCUT2D eigenvalue weighted by molar-refractivity contribution is 0.185. The van der Waals surface area contributed by atoms with Crippen molar-refractivity contribution in [3.8, 4) is 0 Å². The SMILES string of the molecule is O=c1[nH]c(CC2CCCC2)nc2c1cnn2C1CCOC1. The molecule has 1 aliphatic carbocycles. The number of rotatable bonds is 3. The van der Waals surface area contributed by atoms with E-state index in [4.69, 9.17) is 9.72 Å². The van der Waals surface area contributed by atoms with Crippen molar-refractivity contribution in [1.82, 2.24) is 19.7 Å². The van der Waals surface area contributed by atoms with Gasteiger partial charge in [0, 0.05) is 13.0 Å². The van der Waals surface area contributed by atoms with Crippen LogP contribution in [-0.2, 0) is 11.2 Å². The highest BCUT2D eigenvalue weighted by molar-refractivity contribution is 5.73. The molecule has 112 valence electrons. The van der Waals surface area contributed by atoms with E-state index in [9.17, 15) is 4.79 Å². The summed E-state index contributed by atoms with van der Waals surface area (Å²) in [6.07, 6.45) is 8.53. The zero-order valence-corrected chi connectivity index (χ0v) is 12.0. The number of ether oxygens (including phenoxy) is 1. The number of hydrogen-bond acceptors (Lipinski definition) is 4. The molecule has 6 nitrogen and oxygen atoms in total. The zero-order chi connectivity index (χ0) is 14.2. The molecular weight excluding hydrogens is 268 g/mol. The minimum absolute atomic E-state index is 0.0711. The molecule has 1 atom stereocenters. The Morgan fingerprint density at radius 2 is 2.19 bits per heavy atom. The van der Waals surface area contributed by atoms with E-state index in [0.717, 1.165) is 25.3 Å². The maximum atomic E-state index is 12.2. The van der Waals surface area contributed by atoms with Crippen LogP contribution < -0.4 is 5.56 Å². The van der Waals surface area contributed by atoms with Gasteiger partial charge in [0.1, 0.15) is 11.2 Å². The topological polar surface area (TPSA) is 72.8 Å². The highest BCUT2D eigenvalue weighted by Crippen LogP contribution is 2.27. The molecule has 1 saturated heterocycles. The lowest BCUT2D eigenvalue weighted by atomic mass is 10.0. The van der Waals surface area contributed by atoms with Gasteiger partial charge in [-0.1, -0.05) is 25.7 Å². The summed E-state index contributed by atoms with van der Waals surface area (Å²) in [6.45, 7) is 1.41. The first-order valence-corrected chi connectivity index (χ1v) is 7.85. The van der Waals surface area contributed by atoms with Crippen LogP contribution in [0.25, 0.3) is 11.0 Å². The fourth-order valence-electron chi connectivity index (χ4n) is 3.55. The van der Waals surface area contributed by atoms with Crippen molar-refractivity contribution in [3.05, 3.63) is 22.4 Å². The van der Waals surface area contributed by atoms with Crippen molar-refractivity contribution in [2.75, 3.05) is 13.2 Å². The monoisotopic (exact) mass is 288 g/mol. The summed E-state index contributed by atoms with van der Waals surface area (Å²) < 4.78 is 7.29. The highest BCUT2D eigenvalue weighted by atomic mass is 16.5. The molecule has 2 fully saturated rings. The zero-order valence-electron chi connectivity index (χ0n) is 12.0. The summed E-state index contributed by atoms with van der Waals surface area (Å²) in [5.41, 5.74) is 0.639. The summed E-state index contributed by atoms with van der Waals surface area (Å²) in [5.74, 6) is 1.47. The van der Waals surface area contributed by atoms with Crippen LogP contribution in [0.1, 0.15) is 44.0 Å². The Bertz CT molecular complexity index is 693. The second kappa shape index (κ2) is 5.26. The largest absolute Gasteiger partial charge is 0.379 e. The Kier molecular flexibility index (Phi) is 3.25. The highest BCUT2D eigenvalue weighted by Gasteiger charge is 2.23. The average molecular weight is 288 g/mol. The summed E-state index contributed by atoms with van der Waals surface area (Å²) in [7, 11) is 0. The third-order valence-electron chi connectivity index (χ3n) is 4.72. The molecular formula is C15H20N4O2. The summed E-state index contributed by atoms with van der Waals surface area (Å²) in [4.78, 5) is 19.8. The van der Waals surface area contributed by atoms with E-state index in [-0.39, 0.29) is 11.6 Å². The number of nitrogens with zero attached hydrogens (tertiary/aromatic N) is 3. The minimum atomic E-state index is -0.0711. The minimum Gasteiger partial charge on any atom is -0.379 e. The summed E-state index contributed by atoms with van der Waals surface area (Å²) in [5, 5.41) is 4.95. The number of nitrogens with one attached hydrogen (secondary N) is 1. The second-order valence-electron chi connectivity index (χ2n) is 6.21. The molecule has 21 heavy (non-hydrogen) atoms. The third kappa shape index (κ3) is 2.37. The number of hydrogen-bond donors (Lipinski definition) is 1. The smallest absolute Gasteiger partial charge is 0.262 e. The standard InChI is InChI=1S/C15H20N4O2/c20-15-12-8-16-19(11-5-6-21-9-11)14(12)17-13(18-15)7-10-3-1-2-4-10/h8,10-11H,1-7,9H2,(H,17,18,20). The van der Waals surface area contributed by atoms with Gasteiger partial charge in [-0.15, -0.1) is 0 Å². The van der Waals surface area contributed by atoms with Gasteiger partial charge in [-0.2, -0.15) is 5.10 Å². The van der Waals surface area contributed by atoms with Gasteiger partial charge >= 0.3 is 0 Å². The molecule has 1 saturated carbocycles. The Hall–Kier alpha value is -1.69. The van der Waals surface area contributed by atoms with Crippen LogP contribution in [0.3, 0.4) is 0 Å². The van der Waals surface area contributed by atoms with Crippen molar-refractivity contribution in [1.29, 1.82) is 0 Å². The van der Waals surface area contributed by atoms with E-state index >= 15 is 0 Å². The molecule has 0 aromatic carbocycles. The number of aromatic nitrogens is 4. The average Bonchev–Trinajstić information content (AvgIpc) is 3.19. The fourth-order valence-corrected chi connectivity index (χ4v) is 3.55. The van der Waals surface area contributed by atoms with Crippen LogP contribution >= 0.6 is 0 Å². The van der Waals surface area contributed by atoms with Gasteiger partial charge in [0.2, 0.25) is 0 Å². The number of aromatic amines is 1. The molecule has 4 rings (SSSR count). The van der Waals surface area contributed by atoms with Crippen LogP contribution in [0.2, 0.25) is 0 Å². The Morgan fingerprint density at radius 1 is 1.33 bits per heavy atom. The van der Waals surface area contributed by atoms with Crippen LogP contribution in [0.15, 0.2) is 11.0 Å². The third-order valence-corrected chi connectivity index (χ3v) is 4.72. The molecule has 1 unspecified atom stereocenters. The first-order chi connectivity index (χ1) is 10.3. The Balaban J connectivity index is 1.72. The maximum Gasteiger partial charge on any atom is 0.262 e. The van der Waals surface area contributed by atoms with Gasteiger partial charge < -0.3 is 9.72 Å². The van der Waals surface area contributed by atoms with Gasteiger partial charge in [0.25, 0.3) is 5.56 Å². The van der Waals surface area contributed by atoms with E-state index in [1.54, 1.807) is 6.20 Å². The number of fused-ring (bicyclic) bond motifs is 1. The predicted octanol–water partition coefficient (Wildman–Crippen LogP) is 1.81. The first-order valence-electron chi connectivity index (χ1n) is 7.85. The summed E-state index contributed by atoms with van der Waals surface area (Å²) >= 11 is 0. The van der Waals surface area contributed by atoms with Gasteiger partial charge in [0.05, 0.1) is 18.8 Å². The molecule has 2 aliphatic rings. The lowest BCUT2D eigenvalue weighted by Crippen LogP contribution is -2.16. The van der Waals surface area contributed by atoms with E-state index < -0.39 is 0 Å². The van der Waals surface area contributed by atoms with Crippen molar-refractivity contribution >= 4 is 11.0 Å². The molecule has 3 heterocycles. The molecule has 0 radical (unpaired) electrons. The molecule has 2 aromatic rings. The van der Waals surface area contributed by atoms with Crippen LogP contribution in [-0.4, -0.2) is 33.0 Å². The van der Waals surface area contributed by atoms with Crippen molar-refractivity contribution < 1.29 is 4.74 Å². The van der Waals surface area contributed by atoms with E-state index in [0.29, 0.717) is 23.6 Å². The van der Waals surface area contributed by atoms with Crippen molar-refractivity contribution in [2.45, 2.75) is 44.6 Å².